The van der Waals surface area contributed by atoms with Gasteiger partial charge in [-0.25, -0.2) is 0 Å². The first-order chi connectivity index (χ1) is 11.3. The molecule has 0 bridgehead atoms. The molecule has 0 spiro atoms. The van der Waals surface area contributed by atoms with E-state index in [2.05, 4.69) is 10.1 Å². The van der Waals surface area contributed by atoms with Crippen molar-refractivity contribution in [2.24, 2.45) is 0 Å². The number of hydrogen-bond donors (Lipinski definition) is 0. The monoisotopic (exact) mass is 337 g/mol. The van der Waals surface area contributed by atoms with Crippen LogP contribution in [-0.2, 0) is 0 Å². The first-order valence-electron chi connectivity index (χ1n) is 6.97. The van der Waals surface area contributed by atoms with Gasteiger partial charge in [-0.05, 0) is 29.2 Å². The van der Waals surface area contributed by atoms with E-state index < -0.39 is 0 Å². The Balaban J connectivity index is 1.71. The Morgan fingerprint density at radius 3 is 2.65 bits per heavy atom. The SMILES string of the molecule is O=c1/c(=C\c2cccs2)sc2nc(/C=C/c3ccccc3)nn12. The van der Waals surface area contributed by atoms with Crippen molar-refractivity contribution in [1.82, 2.24) is 14.6 Å². The van der Waals surface area contributed by atoms with Gasteiger partial charge in [-0.1, -0.05) is 53.8 Å². The van der Waals surface area contributed by atoms with Crippen LogP contribution in [-0.4, -0.2) is 14.6 Å². The van der Waals surface area contributed by atoms with Crippen LogP contribution in [0, 0.1) is 0 Å². The van der Waals surface area contributed by atoms with Crippen LogP contribution in [0.2, 0.25) is 0 Å². The van der Waals surface area contributed by atoms with E-state index in [1.807, 2.05) is 66.1 Å². The molecule has 0 saturated carbocycles. The van der Waals surface area contributed by atoms with Crippen molar-refractivity contribution in [3.63, 3.8) is 0 Å². The molecule has 0 atom stereocenters. The molecule has 0 N–H and O–H groups in total. The minimum absolute atomic E-state index is 0.120. The van der Waals surface area contributed by atoms with Crippen molar-refractivity contribution >= 4 is 45.9 Å². The molecule has 1 aromatic carbocycles. The van der Waals surface area contributed by atoms with Crippen molar-refractivity contribution in [2.45, 2.75) is 0 Å². The second-order valence-electron chi connectivity index (χ2n) is 4.84. The Morgan fingerprint density at radius 1 is 1.04 bits per heavy atom. The van der Waals surface area contributed by atoms with Crippen LogP contribution >= 0.6 is 22.7 Å². The molecule has 23 heavy (non-hydrogen) atoms. The second-order valence-corrected chi connectivity index (χ2v) is 6.83. The quantitative estimate of drug-likeness (QED) is 0.577. The highest BCUT2D eigenvalue weighted by atomic mass is 32.1. The van der Waals surface area contributed by atoms with Crippen LogP contribution in [0.3, 0.4) is 0 Å². The zero-order chi connectivity index (χ0) is 15.6. The zero-order valence-electron chi connectivity index (χ0n) is 11.9. The molecule has 0 radical (unpaired) electrons. The van der Waals surface area contributed by atoms with Crippen molar-refractivity contribution in [3.8, 4) is 0 Å². The molecule has 0 unspecified atom stereocenters. The number of hydrogen-bond acceptors (Lipinski definition) is 5. The molecule has 4 rings (SSSR count). The van der Waals surface area contributed by atoms with Gasteiger partial charge in [-0.2, -0.15) is 9.50 Å². The number of fused-ring (bicyclic) bond motifs is 1. The Kier molecular flexibility index (Phi) is 3.61. The summed E-state index contributed by atoms with van der Waals surface area (Å²) in [5.74, 6) is 0.542. The van der Waals surface area contributed by atoms with Crippen molar-refractivity contribution in [3.05, 3.63) is 79.0 Å². The summed E-state index contributed by atoms with van der Waals surface area (Å²) in [7, 11) is 0. The van der Waals surface area contributed by atoms with E-state index in [0.717, 1.165) is 10.4 Å². The largest absolute Gasteiger partial charge is 0.291 e. The summed E-state index contributed by atoms with van der Waals surface area (Å²) in [6.07, 6.45) is 5.63. The number of rotatable bonds is 3. The van der Waals surface area contributed by atoms with Gasteiger partial charge in [-0.15, -0.1) is 16.4 Å². The topological polar surface area (TPSA) is 47.3 Å². The van der Waals surface area contributed by atoms with Gasteiger partial charge in [0.1, 0.15) is 0 Å². The fourth-order valence-corrected chi connectivity index (χ4v) is 3.79. The Labute approximate surface area is 139 Å². The highest BCUT2D eigenvalue weighted by Gasteiger charge is 2.08. The Morgan fingerprint density at radius 2 is 1.91 bits per heavy atom. The van der Waals surface area contributed by atoms with Crippen LogP contribution < -0.4 is 10.1 Å². The van der Waals surface area contributed by atoms with Crippen LogP contribution in [0.25, 0.3) is 23.2 Å². The van der Waals surface area contributed by atoms with Gasteiger partial charge in [0.15, 0.2) is 5.82 Å². The summed E-state index contributed by atoms with van der Waals surface area (Å²) in [4.78, 5) is 18.4. The summed E-state index contributed by atoms with van der Waals surface area (Å²) in [6.45, 7) is 0. The molecular weight excluding hydrogens is 326 g/mol. The first-order valence-corrected chi connectivity index (χ1v) is 8.67. The lowest BCUT2D eigenvalue weighted by molar-refractivity contribution is 0.925. The van der Waals surface area contributed by atoms with Crippen molar-refractivity contribution in [1.29, 1.82) is 0 Å². The van der Waals surface area contributed by atoms with Crippen LogP contribution in [0.15, 0.2) is 52.6 Å². The lowest BCUT2D eigenvalue weighted by Crippen LogP contribution is -2.23. The molecule has 112 valence electrons. The van der Waals surface area contributed by atoms with Gasteiger partial charge >= 0.3 is 0 Å². The Bertz CT molecular complexity index is 1080. The average molecular weight is 337 g/mol. The minimum Gasteiger partial charge on any atom is -0.266 e. The maximum atomic E-state index is 12.4. The number of thiazole rings is 1. The number of benzene rings is 1. The van der Waals surface area contributed by atoms with E-state index >= 15 is 0 Å². The van der Waals surface area contributed by atoms with E-state index in [1.54, 1.807) is 11.3 Å². The molecule has 0 aliphatic heterocycles. The third-order valence-electron chi connectivity index (χ3n) is 3.24. The van der Waals surface area contributed by atoms with Gasteiger partial charge in [0.2, 0.25) is 4.96 Å². The van der Waals surface area contributed by atoms with Gasteiger partial charge in [0.05, 0.1) is 4.53 Å². The third-order valence-corrected chi connectivity index (χ3v) is 5.02. The standard InChI is InChI=1S/C17H11N3OS2/c21-16-14(11-13-7-4-10-22-13)23-17-18-15(19-20(16)17)9-8-12-5-2-1-3-6-12/h1-11H/b9-8+,14-11+. The first kappa shape index (κ1) is 14.0. The second kappa shape index (κ2) is 5.91. The van der Waals surface area contributed by atoms with Gasteiger partial charge in [0, 0.05) is 4.88 Å². The summed E-state index contributed by atoms with van der Waals surface area (Å²) in [6, 6.07) is 13.9. The molecule has 4 aromatic rings. The Hall–Kier alpha value is -2.57. The van der Waals surface area contributed by atoms with Crippen LogP contribution in [0.5, 0.6) is 0 Å². The minimum atomic E-state index is -0.120. The number of nitrogens with zero attached hydrogens (tertiary/aromatic N) is 3. The average Bonchev–Trinajstić information content (AvgIpc) is 3.27. The highest BCUT2D eigenvalue weighted by Crippen LogP contribution is 2.10. The molecule has 0 saturated heterocycles. The highest BCUT2D eigenvalue weighted by molar-refractivity contribution is 7.15. The van der Waals surface area contributed by atoms with E-state index in [0.29, 0.717) is 15.3 Å². The smallest absolute Gasteiger partial charge is 0.266 e. The molecule has 6 heteroatoms. The van der Waals surface area contributed by atoms with Gasteiger partial charge in [0.25, 0.3) is 5.56 Å². The number of thiophene rings is 1. The van der Waals surface area contributed by atoms with Crippen molar-refractivity contribution in [2.75, 3.05) is 0 Å². The summed E-state index contributed by atoms with van der Waals surface area (Å²) in [5.41, 5.74) is 0.949. The normalized spacial score (nSPS) is 12.6. The van der Waals surface area contributed by atoms with Gasteiger partial charge in [-0.3, -0.25) is 4.79 Å². The molecule has 0 fully saturated rings. The zero-order valence-corrected chi connectivity index (χ0v) is 13.6. The van der Waals surface area contributed by atoms with E-state index in [1.165, 1.54) is 15.9 Å². The summed E-state index contributed by atoms with van der Waals surface area (Å²) < 4.78 is 2.02. The van der Waals surface area contributed by atoms with E-state index in [-0.39, 0.29) is 5.56 Å². The third kappa shape index (κ3) is 2.86. The molecule has 4 nitrogen and oxygen atoms in total. The fourth-order valence-electron chi connectivity index (χ4n) is 2.16. The van der Waals surface area contributed by atoms with Crippen LogP contribution in [0.1, 0.15) is 16.3 Å². The maximum absolute atomic E-state index is 12.4. The van der Waals surface area contributed by atoms with Crippen LogP contribution in [0.4, 0.5) is 0 Å². The fraction of sp³-hybridized carbons (Fsp3) is 0. The molecule has 3 aromatic heterocycles. The molecule has 0 aliphatic rings. The maximum Gasteiger partial charge on any atom is 0.291 e. The van der Waals surface area contributed by atoms with E-state index in [9.17, 15) is 4.79 Å². The van der Waals surface area contributed by atoms with Gasteiger partial charge < -0.3 is 0 Å². The lowest BCUT2D eigenvalue weighted by Gasteiger charge is -1.88. The predicted molar refractivity (Wildman–Crippen MR) is 95.6 cm³/mol. The van der Waals surface area contributed by atoms with Crippen molar-refractivity contribution < 1.29 is 0 Å². The predicted octanol–water partition coefficient (Wildman–Crippen LogP) is 2.93. The summed E-state index contributed by atoms with van der Waals surface area (Å²) in [5, 5.41) is 6.26. The number of aromatic nitrogens is 3. The van der Waals surface area contributed by atoms with E-state index in [4.69, 9.17) is 0 Å². The molecular formula is C17H11N3OS2. The molecule has 0 amide bonds. The summed E-state index contributed by atoms with van der Waals surface area (Å²) >= 11 is 2.96. The molecule has 3 heterocycles. The molecule has 0 aliphatic carbocycles. The lowest BCUT2D eigenvalue weighted by atomic mass is 10.2.